The van der Waals surface area contributed by atoms with Gasteiger partial charge in [0.2, 0.25) is 0 Å². The maximum atomic E-state index is 11.5. The predicted molar refractivity (Wildman–Crippen MR) is 74.7 cm³/mol. The van der Waals surface area contributed by atoms with Crippen molar-refractivity contribution in [3.8, 4) is 11.8 Å². The number of nitrogen functional groups attached to an aromatic ring is 1. The molecule has 2 rings (SSSR count). The largest absolute Gasteiger partial charge is 0.465 e. The highest BCUT2D eigenvalue weighted by molar-refractivity contribution is 5.90. The summed E-state index contributed by atoms with van der Waals surface area (Å²) in [5.41, 5.74) is 7.65. The zero-order chi connectivity index (χ0) is 13.7. The molecular formula is C15H18N2O2. The molecule has 1 saturated heterocycles. The molecule has 0 bridgehead atoms. The zero-order valence-electron chi connectivity index (χ0n) is 11.0. The summed E-state index contributed by atoms with van der Waals surface area (Å²) in [7, 11) is 1.36. The van der Waals surface area contributed by atoms with Crippen LogP contribution >= 0.6 is 0 Å². The van der Waals surface area contributed by atoms with Gasteiger partial charge in [0.25, 0.3) is 0 Å². The molecule has 1 aliphatic heterocycles. The summed E-state index contributed by atoms with van der Waals surface area (Å²) in [6, 6.07) is 5.03. The number of hydrogen-bond acceptors (Lipinski definition) is 4. The second-order valence-corrected chi connectivity index (χ2v) is 4.59. The molecule has 1 heterocycles. The number of ether oxygens (including phenoxy) is 1. The van der Waals surface area contributed by atoms with Crippen molar-refractivity contribution in [3.63, 3.8) is 0 Å². The molecule has 0 radical (unpaired) electrons. The highest BCUT2D eigenvalue weighted by Crippen LogP contribution is 2.15. The van der Waals surface area contributed by atoms with E-state index in [1.165, 1.54) is 7.11 Å². The quantitative estimate of drug-likeness (QED) is 0.454. The molecule has 1 aromatic rings. The lowest BCUT2D eigenvalue weighted by Crippen LogP contribution is -2.26. The lowest BCUT2D eigenvalue weighted by molar-refractivity contribution is 0.0600. The van der Waals surface area contributed by atoms with Gasteiger partial charge < -0.3 is 15.8 Å². The first-order chi connectivity index (χ1) is 9.20. The van der Waals surface area contributed by atoms with Gasteiger partial charge in [0, 0.05) is 17.2 Å². The predicted octanol–water partition coefficient (Wildman–Crippen LogP) is 1.41. The Kier molecular flexibility index (Phi) is 4.43. The van der Waals surface area contributed by atoms with Crippen molar-refractivity contribution in [2.45, 2.75) is 12.8 Å². The van der Waals surface area contributed by atoms with Gasteiger partial charge in [-0.05, 0) is 44.1 Å². The third kappa shape index (κ3) is 3.49. The van der Waals surface area contributed by atoms with Crippen LogP contribution in [0.5, 0.6) is 0 Å². The third-order valence-corrected chi connectivity index (χ3v) is 3.22. The topological polar surface area (TPSA) is 64.3 Å². The van der Waals surface area contributed by atoms with Crippen molar-refractivity contribution in [3.05, 3.63) is 29.3 Å². The molecule has 0 saturated carbocycles. The maximum Gasteiger partial charge on any atom is 0.337 e. The highest BCUT2D eigenvalue weighted by atomic mass is 16.5. The lowest BCUT2D eigenvalue weighted by Gasteiger charge is -2.17. The van der Waals surface area contributed by atoms with Crippen molar-refractivity contribution in [2.75, 3.05) is 25.9 Å². The van der Waals surface area contributed by atoms with Crippen LogP contribution in [0.25, 0.3) is 0 Å². The summed E-state index contributed by atoms with van der Waals surface area (Å²) in [5.74, 6) is 6.37. The zero-order valence-corrected chi connectivity index (χ0v) is 11.0. The van der Waals surface area contributed by atoms with Crippen molar-refractivity contribution < 1.29 is 9.53 Å². The van der Waals surface area contributed by atoms with E-state index in [0.29, 0.717) is 22.7 Å². The Hall–Kier alpha value is -1.99. The van der Waals surface area contributed by atoms with E-state index in [1.54, 1.807) is 18.2 Å². The molecule has 1 fully saturated rings. The molecule has 0 spiro atoms. The van der Waals surface area contributed by atoms with E-state index in [9.17, 15) is 4.79 Å². The minimum atomic E-state index is -0.370. The van der Waals surface area contributed by atoms with Gasteiger partial charge in [0.05, 0.1) is 12.7 Å². The molecule has 0 atom stereocenters. The van der Waals surface area contributed by atoms with Crippen LogP contribution < -0.4 is 11.1 Å². The fourth-order valence-electron chi connectivity index (χ4n) is 2.06. The van der Waals surface area contributed by atoms with E-state index in [4.69, 9.17) is 5.73 Å². The van der Waals surface area contributed by atoms with E-state index >= 15 is 0 Å². The standard InChI is InChI=1S/C15H18N2O2/c1-19-15(18)13-4-5-14(16)12(10-13)3-2-11-6-8-17-9-7-11/h4-5,10-11,17H,6-9,16H2,1H3. The number of hydrogen-bond donors (Lipinski definition) is 2. The number of carbonyl (C=O) groups excluding carboxylic acids is 1. The number of nitrogens with one attached hydrogen (secondary N) is 1. The number of benzene rings is 1. The Morgan fingerprint density at radius 3 is 2.84 bits per heavy atom. The van der Waals surface area contributed by atoms with Crippen LogP contribution in [-0.2, 0) is 4.74 Å². The molecule has 1 aromatic carbocycles. The molecule has 0 unspecified atom stereocenters. The lowest BCUT2D eigenvalue weighted by atomic mass is 9.98. The Labute approximate surface area is 113 Å². The molecule has 19 heavy (non-hydrogen) atoms. The summed E-state index contributed by atoms with van der Waals surface area (Å²) >= 11 is 0. The van der Waals surface area contributed by atoms with Crippen molar-refractivity contribution in [1.82, 2.24) is 5.32 Å². The average molecular weight is 258 g/mol. The van der Waals surface area contributed by atoms with Gasteiger partial charge in [-0.15, -0.1) is 0 Å². The Balaban J connectivity index is 2.19. The summed E-state index contributed by atoms with van der Waals surface area (Å²) in [4.78, 5) is 11.5. The summed E-state index contributed by atoms with van der Waals surface area (Å²) in [5, 5.41) is 3.30. The molecule has 0 aliphatic carbocycles. The van der Waals surface area contributed by atoms with Crippen molar-refractivity contribution in [2.24, 2.45) is 5.92 Å². The molecule has 4 heteroatoms. The van der Waals surface area contributed by atoms with Gasteiger partial charge in [-0.1, -0.05) is 11.8 Å². The highest BCUT2D eigenvalue weighted by Gasteiger charge is 2.10. The smallest absolute Gasteiger partial charge is 0.337 e. The van der Waals surface area contributed by atoms with Gasteiger partial charge in [-0.3, -0.25) is 0 Å². The molecular weight excluding hydrogens is 240 g/mol. The minimum absolute atomic E-state index is 0.370. The van der Waals surface area contributed by atoms with E-state index in [1.807, 2.05) is 0 Å². The fraction of sp³-hybridized carbons (Fsp3) is 0.400. The molecule has 4 nitrogen and oxygen atoms in total. The van der Waals surface area contributed by atoms with Crippen LogP contribution in [0.3, 0.4) is 0 Å². The Morgan fingerprint density at radius 1 is 1.42 bits per heavy atom. The molecule has 100 valence electrons. The summed E-state index contributed by atoms with van der Waals surface area (Å²) < 4.78 is 4.69. The van der Waals surface area contributed by atoms with Crippen molar-refractivity contribution in [1.29, 1.82) is 0 Å². The number of methoxy groups -OCH3 is 1. The average Bonchev–Trinajstić information content (AvgIpc) is 2.46. The van der Waals surface area contributed by atoms with Gasteiger partial charge >= 0.3 is 5.97 Å². The first-order valence-electron chi connectivity index (χ1n) is 6.41. The van der Waals surface area contributed by atoms with Crippen LogP contribution in [0.4, 0.5) is 5.69 Å². The number of piperidine rings is 1. The van der Waals surface area contributed by atoms with Crippen molar-refractivity contribution >= 4 is 11.7 Å². The SMILES string of the molecule is COC(=O)c1ccc(N)c(C#CC2CCNCC2)c1. The van der Waals surface area contributed by atoms with Gasteiger partial charge in [-0.2, -0.15) is 0 Å². The molecule has 3 N–H and O–H groups in total. The van der Waals surface area contributed by atoms with Crippen LogP contribution in [-0.4, -0.2) is 26.2 Å². The molecule has 0 amide bonds. The number of anilines is 1. The number of rotatable bonds is 1. The van der Waals surface area contributed by atoms with Crippen LogP contribution in [0.15, 0.2) is 18.2 Å². The van der Waals surface area contributed by atoms with E-state index in [2.05, 4.69) is 21.9 Å². The van der Waals surface area contributed by atoms with E-state index in [-0.39, 0.29) is 5.97 Å². The molecule has 0 aromatic heterocycles. The van der Waals surface area contributed by atoms with E-state index < -0.39 is 0 Å². The number of nitrogens with two attached hydrogens (primary N) is 1. The van der Waals surface area contributed by atoms with Gasteiger partial charge in [-0.25, -0.2) is 4.79 Å². The van der Waals surface area contributed by atoms with Crippen LogP contribution in [0, 0.1) is 17.8 Å². The number of carbonyl (C=O) groups is 1. The van der Waals surface area contributed by atoms with Gasteiger partial charge in [0.15, 0.2) is 0 Å². The summed E-state index contributed by atoms with van der Waals surface area (Å²) in [6.45, 7) is 2.02. The Morgan fingerprint density at radius 2 is 2.16 bits per heavy atom. The first kappa shape index (κ1) is 13.4. The Bertz CT molecular complexity index is 523. The van der Waals surface area contributed by atoms with Crippen LogP contribution in [0.1, 0.15) is 28.8 Å². The number of esters is 1. The van der Waals surface area contributed by atoms with Gasteiger partial charge in [0.1, 0.15) is 0 Å². The normalized spacial score (nSPS) is 15.4. The monoisotopic (exact) mass is 258 g/mol. The fourth-order valence-corrected chi connectivity index (χ4v) is 2.06. The molecule has 1 aliphatic rings. The second-order valence-electron chi connectivity index (χ2n) is 4.59. The second kappa shape index (κ2) is 6.26. The van der Waals surface area contributed by atoms with Crippen LogP contribution in [0.2, 0.25) is 0 Å². The summed E-state index contributed by atoms with van der Waals surface area (Å²) in [6.07, 6.45) is 2.12. The maximum absolute atomic E-state index is 11.5. The van der Waals surface area contributed by atoms with E-state index in [0.717, 1.165) is 25.9 Å². The third-order valence-electron chi connectivity index (χ3n) is 3.22. The minimum Gasteiger partial charge on any atom is -0.465 e. The first-order valence-corrected chi connectivity index (χ1v) is 6.41.